The van der Waals surface area contributed by atoms with E-state index < -0.39 is 0 Å². The van der Waals surface area contributed by atoms with Gasteiger partial charge in [0.15, 0.2) is 0 Å². The summed E-state index contributed by atoms with van der Waals surface area (Å²) in [6, 6.07) is 77.4. The molecule has 0 fully saturated rings. The lowest BCUT2D eigenvalue weighted by molar-refractivity contribution is 1.28. The van der Waals surface area contributed by atoms with Gasteiger partial charge in [-0.15, -0.1) is 22.7 Å². The molecule has 1 nitrogen and oxygen atoms in total. The van der Waals surface area contributed by atoms with Crippen LogP contribution in [0.4, 0.5) is 17.1 Å². The predicted octanol–water partition coefficient (Wildman–Crippen LogP) is 16.6. The van der Waals surface area contributed by atoms with E-state index in [9.17, 15) is 0 Å². The maximum absolute atomic E-state index is 2.42. The quantitative estimate of drug-likeness (QED) is 0.156. The van der Waals surface area contributed by atoms with Gasteiger partial charge in [0.1, 0.15) is 0 Å². The Bertz CT molecular complexity index is 3110. The Kier molecular flexibility index (Phi) is 8.28. The zero-order chi connectivity index (χ0) is 37.7. The van der Waals surface area contributed by atoms with E-state index in [1.165, 1.54) is 84.9 Å². The van der Waals surface area contributed by atoms with Gasteiger partial charge in [-0.1, -0.05) is 152 Å². The van der Waals surface area contributed by atoms with Gasteiger partial charge in [0.05, 0.1) is 0 Å². The number of fused-ring (bicyclic) bond motifs is 6. The van der Waals surface area contributed by atoms with Crippen molar-refractivity contribution in [2.75, 3.05) is 4.90 Å². The Hall–Kier alpha value is -6.78. The molecule has 11 aromatic rings. The Morgan fingerprint density at radius 2 is 0.667 bits per heavy atom. The minimum Gasteiger partial charge on any atom is -0.311 e. The van der Waals surface area contributed by atoms with Crippen LogP contribution in [-0.2, 0) is 0 Å². The highest BCUT2D eigenvalue weighted by Gasteiger charge is 2.18. The highest BCUT2D eigenvalue weighted by molar-refractivity contribution is 7.27. The van der Waals surface area contributed by atoms with Crippen LogP contribution in [0.2, 0.25) is 0 Å². The number of anilines is 3. The molecule has 0 unspecified atom stereocenters. The van der Waals surface area contributed by atoms with Crippen LogP contribution in [0, 0.1) is 0 Å². The first-order chi connectivity index (χ1) is 28.2. The molecule has 3 heteroatoms. The Balaban J connectivity index is 1.03. The second-order valence-electron chi connectivity index (χ2n) is 14.5. The molecule has 0 bridgehead atoms. The van der Waals surface area contributed by atoms with Gasteiger partial charge < -0.3 is 4.90 Å². The molecule has 2 aromatic heterocycles. The predicted molar refractivity (Wildman–Crippen MR) is 249 cm³/mol. The topological polar surface area (TPSA) is 3.24 Å². The summed E-state index contributed by atoms with van der Waals surface area (Å²) in [6.07, 6.45) is 0. The van der Waals surface area contributed by atoms with Crippen LogP contribution in [0.25, 0.3) is 84.9 Å². The molecule has 0 atom stereocenters. The third kappa shape index (κ3) is 6.00. The molecule has 0 spiro atoms. The van der Waals surface area contributed by atoms with Crippen molar-refractivity contribution in [3.8, 4) is 44.5 Å². The van der Waals surface area contributed by atoms with Gasteiger partial charge in [-0.2, -0.15) is 0 Å². The van der Waals surface area contributed by atoms with Crippen LogP contribution in [0.5, 0.6) is 0 Å². The van der Waals surface area contributed by atoms with Crippen molar-refractivity contribution in [2.24, 2.45) is 0 Å². The van der Waals surface area contributed by atoms with Gasteiger partial charge in [0.25, 0.3) is 0 Å². The normalized spacial score (nSPS) is 11.5. The molecule has 0 aliphatic carbocycles. The first kappa shape index (κ1) is 33.5. The average molecular weight is 762 g/mol. The molecule has 0 aliphatic heterocycles. The zero-order valence-electron chi connectivity index (χ0n) is 31.0. The molecule has 9 aromatic carbocycles. The second-order valence-corrected chi connectivity index (χ2v) is 16.6. The Morgan fingerprint density at radius 1 is 0.263 bits per heavy atom. The summed E-state index contributed by atoms with van der Waals surface area (Å²) < 4.78 is 5.33. The highest BCUT2D eigenvalue weighted by atomic mass is 32.1. The van der Waals surface area contributed by atoms with Crippen molar-refractivity contribution in [3.63, 3.8) is 0 Å². The van der Waals surface area contributed by atoms with E-state index in [0.29, 0.717) is 0 Å². The molecule has 0 amide bonds. The number of rotatable bonds is 7. The smallest absolute Gasteiger partial charge is 0.0462 e. The van der Waals surface area contributed by atoms with Crippen molar-refractivity contribution in [1.29, 1.82) is 0 Å². The van der Waals surface area contributed by atoms with Crippen molar-refractivity contribution in [3.05, 3.63) is 212 Å². The van der Waals surface area contributed by atoms with Crippen LogP contribution in [0.1, 0.15) is 0 Å². The third-order valence-electron chi connectivity index (χ3n) is 11.1. The summed E-state index contributed by atoms with van der Waals surface area (Å²) in [4.78, 5) is 2.36. The van der Waals surface area contributed by atoms with E-state index in [0.717, 1.165) is 17.1 Å². The maximum atomic E-state index is 2.42. The van der Waals surface area contributed by atoms with Gasteiger partial charge in [0.2, 0.25) is 0 Å². The molecular weight excluding hydrogens is 727 g/mol. The SMILES string of the molecule is c1ccc(-c2ccc(N(c3ccc(-c4ccccc4)cc3)c3ccc(-c4cc(-c5cccc6c5sc5ccccc56)c5sc6ccccc6c5c4)cc3)cc2)cc1. The van der Waals surface area contributed by atoms with Crippen LogP contribution < -0.4 is 4.90 Å². The largest absolute Gasteiger partial charge is 0.311 e. The van der Waals surface area contributed by atoms with E-state index >= 15 is 0 Å². The molecule has 57 heavy (non-hydrogen) atoms. The maximum Gasteiger partial charge on any atom is 0.0462 e. The molecule has 268 valence electrons. The number of hydrogen-bond acceptors (Lipinski definition) is 3. The Labute approximate surface area is 340 Å². The molecule has 0 radical (unpaired) electrons. The molecule has 11 rings (SSSR count). The van der Waals surface area contributed by atoms with Gasteiger partial charge in [-0.05, 0) is 94.0 Å². The van der Waals surface area contributed by atoms with Crippen molar-refractivity contribution in [1.82, 2.24) is 0 Å². The standard InChI is InChI=1S/C54H35NS2/c1-3-12-36(13-4-1)38-22-28-42(29-23-38)55(43-30-24-39(25-31-43)37-14-5-2-6-15-37)44-32-26-40(27-33-44)41-34-49-46-17-8-10-21-52(46)57-54(49)50(35-41)48-19-11-18-47-45-16-7-9-20-51(45)56-53(47)48/h1-35H. The molecule has 0 saturated carbocycles. The first-order valence-corrected chi connectivity index (χ1v) is 21.0. The molecule has 0 saturated heterocycles. The lowest BCUT2D eigenvalue weighted by atomic mass is 9.95. The molecular formula is C54H35NS2. The first-order valence-electron chi connectivity index (χ1n) is 19.3. The summed E-state index contributed by atoms with van der Waals surface area (Å²) in [7, 11) is 0. The van der Waals surface area contributed by atoms with Crippen molar-refractivity contribution in [2.45, 2.75) is 0 Å². The van der Waals surface area contributed by atoms with Gasteiger partial charge in [-0.3, -0.25) is 0 Å². The van der Waals surface area contributed by atoms with Crippen LogP contribution in [-0.4, -0.2) is 0 Å². The number of thiophene rings is 2. The number of hydrogen-bond donors (Lipinski definition) is 0. The minimum absolute atomic E-state index is 1.11. The summed E-state index contributed by atoms with van der Waals surface area (Å²) in [5.74, 6) is 0. The van der Waals surface area contributed by atoms with E-state index in [-0.39, 0.29) is 0 Å². The fourth-order valence-electron chi connectivity index (χ4n) is 8.27. The van der Waals surface area contributed by atoms with Crippen molar-refractivity contribution >= 4 is 80.1 Å². The van der Waals surface area contributed by atoms with E-state index in [2.05, 4.69) is 217 Å². The highest BCUT2D eigenvalue weighted by Crippen LogP contribution is 2.47. The van der Waals surface area contributed by atoms with Crippen molar-refractivity contribution < 1.29 is 0 Å². The number of benzene rings is 9. The molecule has 0 aliphatic rings. The minimum atomic E-state index is 1.11. The fourth-order valence-corrected chi connectivity index (χ4v) is 10.7. The summed E-state index contributed by atoms with van der Waals surface area (Å²) in [6.45, 7) is 0. The van der Waals surface area contributed by atoms with E-state index in [1.54, 1.807) is 0 Å². The van der Waals surface area contributed by atoms with Crippen LogP contribution in [0.15, 0.2) is 212 Å². The van der Waals surface area contributed by atoms with Gasteiger partial charge in [0, 0.05) is 68.5 Å². The summed E-state index contributed by atoms with van der Waals surface area (Å²) in [5.41, 5.74) is 13.2. The summed E-state index contributed by atoms with van der Waals surface area (Å²) in [5, 5.41) is 5.27. The van der Waals surface area contributed by atoms with Crippen LogP contribution in [0.3, 0.4) is 0 Å². The fraction of sp³-hybridized carbons (Fsp3) is 0. The van der Waals surface area contributed by atoms with Crippen LogP contribution >= 0.6 is 22.7 Å². The van der Waals surface area contributed by atoms with Gasteiger partial charge in [-0.25, -0.2) is 0 Å². The third-order valence-corrected chi connectivity index (χ3v) is 13.5. The second kappa shape index (κ2) is 14.1. The van der Waals surface area contributed by atoms with E-state index in [4.69, 9.17) is 0 Å². The lowest BCUT2D eigenvalue weighted by Crippen LogP contribution is -2.09. The zero-order valence-corrected chi connectivity index (χ0v) is 32.6. The molecule has 0 N–H and O–H groups in total. The average Bonchev–Trinajstić information content (AvgIpc) is 3.86. The monoisotopic (exact) mass is 761 g/mol. The Morgan fingerprint density at radius 3 is 1.19 bits per heavy atom. The molecule has 2 heterocycles. The van der Waals surface area contributed by atoms with Gasteiger partial charge >= 0.3 is 0 Å². The lowest BCUT2D eigenvalue weighted by Gasteiger charge is -2.26. The number of nitrogens with zero attached hydrogens (tertiary/aromatic N) is 1. The summed E-state index contributed by atoms with van der Waals surface area (Å²) >= 11 is 3.80. The van der Waals surface area contributed by atoms with E-state index in [1.807, 2.05) is 22.7 Å².